The van der Waals surface area contributed by atoms with Crippen molar-refractivity contribution in [3.63, 3.8) is 0 Å². The van der Waals surface area contributed by atoms with Gasteiger partial charge in [0.1, 0.15) is 35.8 Å². The van der Waals surface area contributed by atoms with Crippen molar-refractivity contribution >= 4 is 7.82 Å². The first-order valence-electron chi connectivity index (χ1n) is 15.2. The van der Waals surface area contributed by atoms with E-state index in [0.29, 0.717) is 36.2 Å². The van der Waals surface area contributed by atoms with E-state index in [-0.39, 0.29) is 31.4 Å². The van der Waals surface area contributed by atoms with Gasteiger partial charge in [0, 0.05) is 42.5 Å². The van der Waals surface area contributed by atoms with Crippen LogP contribution >= 0.6 is 7.82 Å². The van der Waals surface area contributed by atoms with Crippen LogP contribution in [0, 0.1) is 6.92 Å². The molecule has 3 fully saturated rings. The van der Waals surface area contributed by atoms with Gasteiger partial charge < -0.3 is 77.0 Å². The molecule has 19 heteroatoms. The molecule has 46 heavy (non-hydrogen) atoms. The fourth-order valence-electron chi connectivity index (χ4n) is 6.19. The zero-order chi connectivity index (χ0) is 34.0. The van der Waals surface area contributed by atoms with Gasteiger partial charge in [0.15, 0.2) is 12.6 Å². The minimum Gasteiger partial charge on any atom is -0.506 e. The third kappa shape index (κ3) is 8.97. The monoisotopic (exact) mass is 680 g/mol. The number of nitrogens with zero attached hydrogens (tertiary/aromatic N) is 1. The molecule has 264 valence electrons. The maximum absolute atomic E-state index is 11.3. The maximum Gasteiger partial charge on any atom is 0.469 e. The molecule has 1 aliphatic carbocycles. The van der Waals surface area contributed by atoms with Crippen molar-refractivity contribution in [1.82, 2.24) is 15.6 Å². The Balaban J connectivity index is 1.36. The topological polar surface area (TPSA) is 300 Å². The predicted molar refractivity (Wildman–Crippen MR) is 161 cm³/mol. The molecule has 1 saturated carbocycles. The summed E-state index contributed by atoms with van der Waals surface area (Å²) in [5.41, 5.74) is 18.7. The summed E-state index contributed by atoms with van der Waals surface area (Å²) in [5, 5.41) is 49.3. The molecule has 14 N–H and O–H groups in total. The highest BCUT2D eigenvalue weighted by Gasteiger charge is 2.50. The number of pyridine rings is 1. The number of hydrogen-bond donors (Lipinski definition) is 11. The Labute approximate surface area is 267 Å². The normalized spacial score (nSPS) is 39.0. The summed E-state index contributed by atoms with van der Waals surface area (Å²) in [4.78, 5) is 22.2. The van der Waals surface area contributed by atoms with Gasteiger partial charge in [0.05, 0.1) is 37.1 Å². The number of phosphoric acid groups is 1. The van der Waals surface area contributed by atoms with E-state index in [2.05, 4.69) is 20.1 Å². The predicted octanol–water partition coefficient (Wildman–Crippen LogP) is -3.13. The van der Waals surface area contributed by atoms with E-state index in [0.717, 1.165) is 0 Å². The molecule has 18 nitrogen and oxygen atoms in total. The lowest BCUT2D eigenvalue weighted by molar-refractivity contribution is -0.306. The summed E-state index contributed by atoms with van der Waals surface area (Å²) in [7, 11) is -3.14. The van der Waals surface area contributed by atoms with Gasteiger partial charge in [-0.05, 0) is 40.2 Å². The molecule has 0 amide bonds. The van der Waals surface area contributed by atoms with Crippen LogP contribution in [0.1, 0.15) is 43.0 Å². The zero-order valence-electron chi connectivity index (χ0n) is 26.1. The third-order valence-corrected chi connectivity index (χ3v) is 9.24. The van der Waals surface area contributed by atoms with E-state index in [1.807, 2.05) is 0 Å². The number of ether oxygens (including phenoxy) is 4. The first-order valence-corrected chi connectivity index (χ1v) is 16.7. The molecule has 2 aliphatic heterocycles. The van der Waals surface area contributed by atoms with Gasteiger partial charge in [-0.2, -0.15) is 0 Å². The van der Waals surface area contributed by atoms with Crippen LogP contribution in [-0.2, 0) is 41.2 Å². The molecule has 0 bridgehead atoms. The van der Waals surface area contributed by atoms with Gasteiger partial charge in [0.2, 0.25) is 0 Å². The molecule has 0 spiro atoms. The Morgan fingerprint density at radius 2 is 1.74 bits per heavy atom. The number of nitrogens with two attached hydrogens (primary N) is 3. The number of aromatic hydroxyl groups is 1. The van der Waals surface area contributed by atoms with Gasteiger partial charge in [-0.3, -0.25) is 9.51 Å². The van der Waals surface area contributed by atoms with Gasteiger partial charge in [0.25, 0.3) is 0 Å². The summed E-state index contributed by atoms with van der Waals surface area (Å²) in [6, 6.07) is -2.69. The van der Waals surface area contributed by atoms with E-state index in [1.54, 1.807) is 14.0 Å². The second kappa shape index (κ2) is 15.4. The molecule has 3 aliphatic rings. The molecule has 2 saturated heterocycles. The van der Waals surface area contributed by atoms with Crippen LogP contribution in [0.5, 0.6) is 5.75 Å². The lowest BCUT2D eigenvalue weighted by Crippen LogP contribution is -2.68. The molecule has 12 atom stereocenters. The molecule has 1 aromatic rings. The minimum atomic E-state index is -4.74. The number of aryl methyl sites for hydroxylation is 1. The van der Waals surface area contributed by atoms with Crippen LogP contribution < -0.4 is 27.8 Å². The molecule has 1 aromatic heterocycles. The number of nitrogens with one attached hydrogen (secondary N) is 2. The quantitative estimate of drug-likeness (QED) is 0.0973. The average molecular weight is 681 g/mol. The van der Waals surface area contributed by atoms with Crippen molar-refractivity contribution in [3.8, 4) is 5.75 Å². The number of hydrogen-bond acceptors (Lipinski definition) is 16. The fraction of sp³-hybridized carbons (Fsp3) is 0.815. The Kier molecular flexibility index (Phi) is 12.5. The highest BCUT2D eigenvalue weighted by Crippen LogP contribution is 2.38. The van der Waals surface area contributed by atoms with Crippen LogP contribution in [0.4, 0.5) is 0 Å². The number of rotatable bonds is 12. The number of aliphatic hydroxyl groups is 3. The molecule has 0 aromatic carbocycles. The highest BCUT2D eigenvalue weighted by atomic mass is 31.2. The number of phosphoric ester groups is 1. The first-order chi connectivity index (χ1) is 21.5. The van der Waals surface area contributed by atoms with Crippen LogP contribution in [0.3, 0.4) is 0 Å². The Morgan fingerprint density at radius 3 is 2.37 bits per heavy atom. The second-order valence-corrected chi connectivity index (χ2v) is 13.7. The Morgan fingerprint density at radius 1 is 1.09 bits per heavy atom. The zero-order valence-corrected chi connectivity index (χ0v) is 27.0. The Bertz CT molecular complexity index is 1210. The van der Waals surface area contributed by atoms with E-state index < -0.39 is 81.2 Å². The van der Waals surface area contributed by atoms with Crippen LogP contribution in [0.2, 0.25) is 0 Å². The fourth-order valence-corrected chi connectivity index (χ4v) is 6.50. The van der Waals surface area contributed by atoms with E-state index in [4.69, 9.17) is 45.9 Å². The summed E-state index contributed by atoms with van der Waals surface area (Å²) in [6.07, 6.45) is -4.40. The van der Waals surface area contributed by atoms with Crippen molar-refractivity contribution in [3.05, 3.63) is 23.0 Å². The lowest BCUT2D eigenvalue weighted by Gasteiger charge is -2.48. The van der Waals surface area contributed by atoms with Crippen LogP contribution in [0.25, 0.3) is 0 Å². The minimum absolute atomic E-state index is 0.120. The number of aromatic nitrogens is 1. The number of aliphatic hydroxyl groups excluding tert-OH is 2. The van der Waals surface area contributed by atoms with Crippen molar-refractivity contribution in [1.29, 1.82) is 0 Å². The molecule has 3 heterocycles. The smallest absolute Gasteiger partial charge is 0.469 e. The van der Waals surface area contributed by atoms with Gasteiger partial charge in [-0.1, -0.05) is 0 Å². The average Bonchev–Trinajstić information content (AvgIpc) is 2.97. The lowest BCUT2D eigenvalue weighted by atomic mass is 9.84. The second-order valence-electron chi connectivity index (χ2n) is 12.5. The third-order valence-electron chi connectivity index (χ3n) is 8.78. The highest BCUT2D eigenvalue weighted by molar-refractivity contribution is 7.46. The summed E-state index contributed by atoms with van der Waals surface area (Å²) < 4.78 is 39.7. The van der Waals surface area contributed by atoms with Crippen molar-refractivity contribution in [2.45, 2.75) is 119 Å². The standard InChI is InChI=1S/C27H49N6O12P/c1-12-19(34)15(13(7-33-12)10-42-46(38,39)40)9-32-8-14-4-5-16(28)25(43-14)44-22-17(29)6-18(30)23(20(22)35)45-26-21(36)24(31-3)27(2,37)11-41-26/h7,14,16-18,20-26,31-32,34-37H,4-6,8-11,28-30H2,1-3H3,(H2,38,39,40)/t14-,16-,17+,18-,20+,21-,22-,23+,24-,25-,26-,27+/m1/s1. The first kappa shape index (κ1) is 37.4. The van der Waals surface area contributed by atoms with E-state index in [1.165, 1.54) is 13.1 Å². The van der Waals surface area contributed by atoms with Crippen molar-refractivity contribution in [2.75, 3.05) is 20.2 Å². The van der Waals surface area contributed by atoms with Crippen molar-refractivity contribution < 1.29 is 58.2 Å². The van der Waals surface area contributed by atoms with Crippen molar-refractivity contribution in [2.24, 2.45) is 17.2 Å². The number of likely N-dealkylation sites (N-methyl/N-ethyl adjacent to an activating group) is 1. The molecular formula is C27H49N6O12P. The Hall–Kier alpha value is -1.42. The largest absolute Gasteiger partial charge is 0.506 e. The molecule has 4 rings (SSSR count). The van der Waals surface area contributed by atoms with E-state index in [9.17, 15) is 25.0 Å². The van der Waals surface area contributed by atoms with Crippen LogP contribution in [0.15, 0.2) is 6.20 Å². The molecule has 0 radical (unpaired) electrons. The van der Waals surface area contributed by atoms with E-state index >= 15 is 0 Å². The van der Waals surface area contributed by atoms with Gasteiger partial charge in [-0.25, -0.2) is 4.57 Å². The van der Waals surface area contributed by atoms with Crippen LogP contribution in [-0.4, -0.2) is 128 Å². The van der Waals surface area contributed by atoms with Gasteiger partial charge >= 0.3 is 7.82 Å². The summed E-state index contributed by atoms with van der Waals surface area (Å²) in [5.74, 6) is -0.125. The summed E-state index contributed by atoms with van der Waals surface area (Å²) in [6.45, 7) is 2.97. The molecule has 0 unspecified atom stereocenters. The van der Waals surface area contributed by atoms with Gasteiger partial charge in [-0.15, -0.1) is 0 Å². The summed E-state index contributed by atoms with van der Waals surface area (Å²) >= 11 is 0. The molecular weight excluding hydrogens is 631 g/mol. The maximum atomic E-state index is 11.3. The SMILES string of the molecule is CN[C@@H]1[C@@H](O)[C@@H](O[C@@H]2[C@@H](O)[C@H](O[C@H]3O[C@@H](CNCc4c(COP(=O)(O)O)cnc(C)c4O)CC[C@H]3N)[C@@H](N)C[C@H]2N)OC[C@]1(C)O.